The van der Waals surface area contributed by atoms with Crippen LogP contribution in [0.25, 0.3) is 0 Å². The van der Waals surface area contributed by atoms with Crippen LogP contribution in [0.2, 0.25) is 0 Å². The first-order valence-electron chi connectivity index (χ1n) is 11.8. The zero-order chi connectivity index (χ0) is 22.1. The van der Waals surface area contributed by atoms with E-state index in [1.807, 2.05) is 25.4 Å². The number of nitrogens with zero attached hydrogens (tertiary/aromatic N) is 4. The van der Waals surface area contributed by atoms with E-state index in [-0.39, 0.29) is 11.9 Å². The van der Waals surface area contributed by atoms with Gasteiger partial charge in [-0.2, -0.15) is 0 Å². The summed E-state index contributed by atoms with van der Waals surface area (Å²) in [5.74, 6) is 1.13. The highest BCUT2D eigenvalue weighted by Gasteiger charge is 2.31. The Balaban J connectivity index is 1.49. The molecule has 31 heavy (non-hydrogen) atoms. The Morgan fingerprint density at radius 2 is 2.06 bits per heavy atom. The fourth-order valence-electron chi connectivity index (χ4n) is 4.60. The quantitative estimate of drug-likeness (QED) is 0.327. The Morgan fingerprint density at radius 1 is 1.26 bits per heavy atom. The van der Waals surface area contributed by atoms with Crippen LogP contribution < -0.4 is 10.6 Å². The molecule has 0 aromatic carbocycles. The lowest BCUT2D eigenvalue weighted by Crippen LogP contribution is -2.44. The van der Waals surface area contributed by atoms with Crippen LogP contribution in [0, 0.1) is 0 Å². The number of amides is 1. The summed E-state index contributed by atoms with van der Waals surface area (Å²) in [6, 6.07) is 4.82. The molecule has 2 atom stereocenters. The third kappa shape index (κ3) is 6.92. The van der Waals surface area contributed by atoms with Crippen LogP contribution in [-0.2, 0) is 4.79 Å². The zero-order valence-electron chi connectivity index (χ0n) is 19.5. The van der Waals surface area contributed by atoms with Crippen LogP contribution in [0.1, 0.15) is 49.9 Å². The predicted molar refractivity (Wildman–Crippen MR) is 130 cm³/mol. The molecule has 1 aromatic rings. The largest absolute Gasteiger partial charge is 0.357 e. The SMILES string of the molecule is CCNC(=NCC(c1cccs1)N1CCCC1)NCCCN1CCCC1C(=O)N(C)C. The van der Waals surface area contributed by atoms with Crippen LogP contribution in [0.15, 0.2) is 22.5 Å². The molecule has 2 saturated heterocycles. The number of likely N-dealkylation sites (N-methyl/N-ethyl adjacent to an activating group) is 1. The summed E-state index contributed by atoms with van der Waals surface area (Å²) in [5, 5.41) is 9.06. The van der Waals surface area contributed by atoms with Gasteiger partial charge in [0.05, 0.1) is 18.6 Å². The average molecular weight is 449 g/mol. The lowest BCUT2D eigenvalue weighted by Gasteiger charge is -2.26. The summed E-state index contributed by atoms with van der Waals surface area (Å²) in [6.07, 6.45) is 5.68. The molecule has 0 aliphatic carbocycles. The highest BCUT2D eigenvalue weighted by molar-refractivity contribution is 7.10. The number of nitrogens with one attached hydrogen (secondary N) is 2. The van der Waals surface area contributed by atoms with Gasteiger partial charge in [0, 0.05) is 38.6 Å². The number of aliphatic imine (C=N–C) groups is 1. The second-order valence-electron chi connectivity index (χ2n) is 8.70. The first-order chi connectivity index (χ1) is 15.1. The van der Waals surface area contributed by atoms with Gasteiger partial charge in [0.15, 0.2) is 5.96 Å². The van der Waals surface area contributed by atoms with E-state index in [1.165, 1.54) is 30.8 Å². The van der Waals surface area contributed by atoms with Gasteiger partial charge in [0.1, 0.15) is 0 Å². The first kappa shape index (κ1) is 24.0. The van der Waals surface area contributed by atoms with Crippen molar-refractivity contribution in [2.75, 3.05) is 59.9 Å². The molecule has 2 aliphatic heterocycles. The molecule has 2 fully saturated rings. The van der Waals surface area contributed by atoms with Crippen molar-refractivity contribution in [2.24, 2.45) is 4.99 Å². The Bertz CT molecular complexity index is 686. The van der Waals surface area contributed by atoms with E-state index in [2.05, 4.69) is 44.9 Å². The van der Waals surface area contributed by atoms with E-state index in [0.717, 1.165) is 57.9 Å². The van der Waals surface area contributed by atoms with Crippen LogP contribution in [0.3, 0.4) is 0 Å². The van der Waals surface area contributed by atoms with Crippen LogP contribution in [0.5, 0.6) is 0 Å². The molecule has 1 amide bonds. The third-order valence-corrected chi connectivity index (χ3v) is 7.20. The van der Waals surface area contributed by atoms with Gasteiger partial charge in [0.2, 0.25) is 5.91 Å². The average Bonchev–Trinajstić information content (AvgIpc) is 3.53. The molecule has 0 bridgehead atoms. The third-order valence-electron chi connectivity index (χ3n) is 6.22. The highest BCUT2D eigenvalue weighted by Crippen LogP contribution is 2.28. The minimum atomic E-state index is 0.0592. The molecular weight excluding hydrogens is 408 g/mol. The summed E-state index contributed by atoms with van der Waals surface area (Å²) in [6.45, 7) is 8.91. The fourth-order valence-corrected chi connectivity index (χ4v) is 5.45. The lowest BCUT2D eigenvalue weighted by atomic mass is 10.2. The van der Waals surface area contributed by atoms with E-state index in [9.17, 15) is 4.79 Å². The molecule has 8 heteroatoms. The van der Waals surface area contributed by atoms with E-state index in [1.54, 1.807) is 4.90 Å². The monoisotopic (exact) mass is 448 g/mol. The lowest BCUT2D eigenvalue weighted by molar-refractivity contribution is -0.133. The normalized spacial score (nSPS) is 21.4. The molecule has 0 saturated carbocycles. The first-order valence-corrected chi connectivity index (χ1v) is 12.7. The van der Waals surface area contributed by atoms with Crippen molar-refractivity contribution in [1.29, 1.82) is 0 Å². The minimum Gasteiger partial charge on any atom is -0.357 e. The standard InChI is InChI=1S/C23H40N6OS/c1-4-24-23(25-12-9-16-28-15-7-10-19(28)22(30)27(2)3)26-18-20(21-11-8-17-31-21)29-13-5-6-14-29/h8,11,17,19-20H,4-7,9-10,12-16,18H2,1-3H3,(H2,24,25,26). The van der Waals surface area contributed by atoms with Crippen molar-refractivity contribution in [2.45, 2.75) is 51.1 Å². The van der Waals surface area contributed by atoms with Crippen LogP contribution >= 0.6 is 11.3 Å². The number of guanidine groups is 1. The molecule has 3 heterocycles. The van der Waals surface area contributed by atoms with Crippen LogP contribution in [0.4, 0.5) is 0 Å². The van der Waals surface area contributed by atoms with Gasteiger partial charge >= 0.3 is 0 Å². The molecule has 0 radical (unpaired) electrons. The smallest absolute Gasteiger partial charge is 0.239 e. The van der Waals surface area contributed by atoms with Gasteiger partial charge < -0.3 is 15.5 Å². The molecule has 2 N–H and O–H groups in total. The Labute approximate surface area is 191 Å². The molecular formula is C23H40N6OS. The maximum absolute atomic E-state index is 12.4. The topological polar surface area (TPSA) is 63.2 Å². The minimum absolute atomic E-state index is 0.0592. The summed E-state index contributed by atoms with van der Waals surface area (Å²) in [4.78, 5) is 25.4. The Kier molecular flexibility index (Phi) is 9.61. The van der Waals surface area contributed by atoms with Crippen molar-refractivity contribution < 1.29 is 4.79 Å². The molecule has 2 unspecified atom stereocenters. The maximum Gasteiger partial charge on any atom is 0.239 e. The molecule has 174 valence electrons. The summed E-state index contributed by atoms with van der Waals surface area (Å²) in [7, 11) is 3.70. The number of hydrogen-bond acceptors (Lipinski definition) is 5. The number of likely N-dealkylation sites (tertiary alicyclic amines) is 2. The van der Waals surface area contributed by atoms with Crippen molar-refractivity contribution in [3.8, 4) is 0 Å². The number of rotatable bonds is 10. The van der Waals surface area contributed by atoms with E-state index in [0.29, 0.717) is 6.04 Å². The van der Waals surface area contributed by atoms with Crippen molar-refractivity contribution in [3.63, 3.8) is 0 Å². The number of thiophene rings is 1. The maximum atomic E-state index is 12.4. The summed E-state index contributed by atoms with van der Waals surface area (Å²) >= 11 is 1.83. The van der Waals surface area contributed by atoms with Gasteiger partial charge in [-0.1, -0.05) is 6.07 Å². The number of hydrogen-bond donors (Lipinski definition) is 2. The van der Waals surface area contributed by atoms with Crippen molar-refractivity contribution in [1.82, 2.24) is 25.3 Å². The number of carbonyl (C=O) groups is 1. The van der Waals surface area contributed by atoms with Gasteiger partial charge in [-0.05, 0) is 70.1 Å². The molecule has 0 spiro atoms. The van der Waals surface area contributed by atoms with E-state index >= 15 is 0 Å². The van der Waals surface area contributed by atoms with E-state index in [4.69, 9.17) is 4.99 Å². The Morgan fingerprint density at radius 3 is 2.74 bits per heavy atom. The fraction of sp³-hybridized carbons (Fsp3) is 0.739. The van der Waals surface area contributed by atoms with Gasteiger partial charge in [0.25, 0.3) is 0 Å². The summed E-state index contributed by atoms with van der Waals surface area (Å²) < 4.78 is 0. The second kappa shape index (κ2) is 12.4. The van der Waals surface area contributed by atoms with E-state index < -0.39 is 0 Å². The molecule has 1 aromatic heterocycles. The summed E-state index contributed by atoms with van der Waals surface area (Å²) in [5.41, 5.74) is 0. The second-order valence-corrected chi connectivity index (χ2v) is 9.68. The van der Waals surface area contributed by atoms with Crippen molar-refractivity contribution in [3.05, 3.63) is 22.4 Å². The molecule has 2 aliphatic rings. The number of carbonyl (C=O) groups excluding carboxylic acids is 1. The molecule has 3 rings (SSSR count). The van der Waals surface area contributed by atoms with Gasteiger partial charge in [-0.3, -0.25) is 19.6 Å². The highest BCUT2D eigenvalue weighted by atomic mass is 32.1. The van der Waals surface area contributed by atoms with Gasteiger partial charge in [-0.25, -0.2) is 0 Å². The Hall–Kier alpha value is -1.64. The molecule has 7 nitrogen and oxygen atoms in total. The predicted octanol–water partition coefficient (Wildman–Crippen LogP) is 2.38. The van der Waals surface area contributed by atoms with Crippen LogP contribution in [-0.4, -0.2) is 92.5 Å². The van der Waals surface area contributed by atoms with Gasteiger partial charge in [-0.15, -0.1) is 11.3 Å². The zero-order valence-corrected chi connectivity index (χ0v) is 20.3. The van der Waals surface area contributed by atoms with Crippen molar-refractivity contribution >= 4 is 23.2 Å².